The van der Waals surface area contributed by atoms with Gasteiger partial charge >= 0.3 is 0 Å². The third-order valence-corrected chi connectivity index (χ3v) is 4.00. The molecule has 0 saturated heterocycles. The summed E-state index contributed by atoms with van der Waals surface area (Å²) < 4.78 is 28.1. The van der Waals surface area contributed by atoms with E-state index >= 15 is 0 Å². The van der Waals surface area contributed by atoms with Gasteiger partial charge in [-0.3, -0.25) is 4.79 Å². The maximum atomic E-state index is 11.6. The van der Waals surface area contributed by atoms with Crippen LogP contribution in [0.4, 0.5) is 5.69 Å². The van der Waals surface area contributed by atoms with Crippen LogP contribution in [-0.2, 0) is 14.6 Å². The number of ether oxygens (including phenoxy) is 1. The molecule has 0 bridgehead atoms. The molecule has 7 heteroatoms. The molecule has 1 aromatic rings. The Morgan fingerprint density at radius 2 is 1.95 bits per heavy atom. The summed E-state index contributed by atoms with van der Waals surface area (Å²) in [5, 5.41) is 2.52. The van der Waals surface area contributed by atoms with Crippen LogP contribution < -0.4 is 15.8 Å². The van der Waals surface area contributed by atoms with E-state index in [-0.39, 0.29) is 5.75 Å². The minimum Gasteiger partial charge on any atom is -0.497 e. The van der Waals surface area contributed by atoms with Gasteiger partial charge in [0.1, 0.15) is 11.5 Å². The molecule has 0 unspecified atom stereocenters. The molecule has 1 aromatic carbocycles. The lowest BCUT2D eigenvalue weighted by atomic mass is 10.3. The second-order valence-corrected chi connectivity index (χ2v) is 6.20. The Bertz CT molecular complexity index is 511. The summed E-state index contributed by atoms with van der Waals surface area (Å²) in [6.07, 6.45) is 0.359. The highest BCUT2D eigenvalue weighted by Gasteiger charge is 2.16. The van der Waals surface area contributed by atoms with Crippen molar-refractivity contribution < 1.29 is 17.9 Å². The number of hydrogen-bond acceptors (Lipinski definition) is 5. The predicted molar refractivity (Wildman–Crippen MR) is 73.9 cm³/mol. The summed E-state index contributed by atoms with van der Waals surface area (Å²) >= 11 is 0. The SMILES string of the molecule is COc1ccc(NC(=O)CS(=O)(=O)CCCN)cc1. The molecule has 0 heterocycles. The normalized spacial score (nSPS) is 11.1. The van der Waals surface area contributed by atoms with Crippen molar-refractivity contribution in [1.82, 2.24) is 0 Å². The van der Waals surface area contributed by atoms with Gasteiger partial charge in [0.2, 0.25) is 5.91 Å². The molecule has 1 rings (SSSR count). The summed E-state index contributed by atoms with van der Waals surface area (Å²) in [4.78, 5) is 11.6. The molecule has 0 saturated carbocycles. The van der Waals surface area contributed by atoms with E-state index in [1.54, 1.807) is 24.3 Å². The largest absolute Gasteiger partial charge is 0.497 e. The first-order valence-corrected chi connectivity index (χ1v) is 7.63. The zero-order valence-corrected chi connectivity index (χ0v) is 11.6. The van der Waals surface area contributed by atoms with Gasteiger partial charge in [-0.1, -0.05) is 0 Å². The molecule has 3 N–H and O–H groups in total. The van der Waals surface area contributed by atoms with E-state index in [0.29, 0.717) is 24.4 Å². The standard InChI is InChI=1S/C12H18N2O4S/c1-18-11-5-3-10(4-6-11)14-12(15)9-19(16,17)8-2-7-13/h3-6H,2,7-9,13H2,1H3,(H,14,15). The van der Waals surface area contributed by atoms with Gasteiger partial charge in [-0.05, 0) is 37.2 Å². The van der Waals surface area contributed by atoms with Crippen molar-refractivity contribution in [3.8, 4) is 5.75 Å². The van der Waals surface area contributed by atoms with Crippen LogP contribution in [0.5, 0.6) is 5.75 Å². The van der Waals surface area contributed by atoms with Crippen molar-refractivity contribution in [3.63, 3.8) is 0 Å². The molecule has 0 aliphatic heterocycles. The smallest absolute Gasteiger partial charge is 0.239 e. The lowest BCUT2D eigenvalue weighted by Crippen LogP contribution is -2.25. The number of anilines is 1. The Kier molecular flexibility index (Phi) is 5.78. The third-order valence-electron chi connectivity index (χ3n) is 2.38. The highest BCUT2D eigenvalue weighted by molar-refractivity contribution is 7.92. The van der Waals surface area contributed by atoms with E-state index < -0.39 is 21.5 Å². The molecule has 0 aromatic heterocycles. The van der Waals surface area contributed by atoms with Crippen molar-refractivity contribution >= 4 is 21.4 Å². The Morgan fingerprint density at radius 1 is 1.32 bits per heavy atom. The van der Waals surface area contributed by atoms with Crippen molar-refractivity contribution in [2.75, 3.05) is 30.5 Å². The van der Waals surface area contributed by atoms with E-state index in [1.807, 2.05) is 0 Å². The van der Waals surface area contributed by atoms with E-state index in [2.05, 4.69) is 5.32 Å². The first-order chi connectivity index (χ1) is 8.96. The van der Waals surface area contributed by atoms with Gasteiger partial charge in [0.05, 0.1) is 12.9 Å². The van der Waals surface area contributed by atoms with Crippen LogP contribution in [0, 0.1) is 0 Å². The Morgan fingerprint density at radius 3 is 2.47 bits per heavy atom. The summed E-state index contributed by atoms with van der Waals surface area (Å²) in [5.41, 5.74) is 5.77. The van der Waals surface area contributed by atoms with Crippen LogP contribution in [0.3, 0.4) is 0 Å². The zero-order valence-electron chi connectivity index (χ0n) is 10.8. The molecule has 0 fully saturated rings. The maximum Gasteiger partial charge on any atom is 0.239 e. The Balaban J connectivity index is 2.54. The van der Waals surface area contributed by atoms with Gasteiger partial charge < -0.3 is 15.8 Å². The summed E-state index contributed by atoms with van der Waals surface area (Å²) in [7, 11) is -1.85. The van der Waals surface area contributed by atoms with Crippen molar-refractivity contribution in [1.29, 1.82) is 0 Å². The van der Waals surface area contributed by atoms with Gasteiger partial charge in [0.15, 0.2) is 9.84 Å². The van der Waals surface area contributed by atoms with E-state index in [4.69, 9.17) is 10.5 Å². The number of methoxy groups -OCH3 is 1. The van der Waals surface area contributed by atoms with Gasteiger partial charge in [0.25, 0.3) is 0 Å². The molecular weight excluding hydrogens is 268 g/mol. The van der Waals surface area contributed by atoms with E-state index in [0.717, 1.165) is 0 Å². The topological polar surface area (TPSA) is 98.5 Å². The quantitative estimate of drug-likeness (QED) is 0.756. The van der Waals surface area contributed by atoms with Crippen molar-refractivity contribution in [2.45, 2.75) is 6.42 Å². The summed E-state index contributed by atoms with van der Waals surface area (Å²) in [6, 6.07) is 6.64. The van der Waals surface area contributed by atoms with Crippen LogP contribution in [-0.4, -0.2) is 39.5 Å². The molecule has 0 spiro atoms. The molecule has 0 aliphatic carbocycles. The number of carbonyl (C=O) groups is 1. The lowest BCUT2D eigenvalue weighted by molar-refractivity contribution is -0.113. The minimum atomic E-state index is -3.39. The average Bonchev–Trinajstić information content (AvgIpc) is 2.36. The fraction of sp³-hybridized carbons (Fsp3) is 0.417. The van der Waals surface area contributed by atoms with Gasteiger partial charge in [-0.15, -0.1) is 0 Å². The first kappa shape index (κ1) is 15.5. The number of nitrogens with one attached hydrogen (secondary N) is 1. The highest BCUT2D eigenvalue weighted by Crippen LogP contribution is 2.14. The number of carbonyl (C=O) groups excluding carboxylic acids is 1. The second-order valence-electron chi connectivity index (χ2n) is 4.01. The highest BCUT2D eigenvalue weighted by atomic mass is 32.2. The molecule has 1 amide bonds. The van der Waals surface area contributed by atoms with Crippen LogP contribution >= 0.6 is 0 Å². The number of nitrogens with two attached hydrogens (primary N) is 1. The van der Waals surface area contributed by atoms with E-state index in [9.17, 15) is 13.2 Å². The average molecular weight is 286 g/mol. The summed E-state index contributed by atoms with van der Waals surface area (Å²) in [5.74, 6) is -0.491. The second kappa shape index (κ2) is 7.10. The first-order valence-electron chi connectivity index (χ1n) is 5.81. The van der Waals surface area contributed by atoms with Crippen molar-refractivity contribution in [3.05, 3.63) is 24.3 Å². The van der Waals surface area contributed by atoms with Crippen LogP contribution in [0.15, 0.2) is 24.3 Å². The number of hydrogen-bond donors (Lipinski definition) is 2. The zero-order chi connectivity index (χ0) is 14.3. The van der Waals surface area contributed by atoms with Crippen LogP contribution in [0.1, 0.15) is 6.42 Å². The fourth-order valence-electron chi connectivity index (χ4n) is 1.45. The van der Waals surface area contributed by atoms with Gasteiger partial charge in [-0.25, -0.2) is 8.42 Å². The predicted octanol–water partition coefficient (Wildman–Crippen LogP) is 0.397. The molecule has 6 nitrogen and oxygen atoms in total. The Labute approximate surface area is 112 Å². The lowest BCUT2D eigenvalue weighted by Gasteiger charge is -2.07. The monoisotopic (exact) mass is 286 g/mol. The number of amides is 1. The molecular formula is C12H18N2O4S. The van der Waals surface area contributed by atoms with Crippen molar-refractivity contribution in [2.24, 2.45) is 5.73 Å². The number of rotatable bonds is 7. The van der Waals surface area contributed by atoms with E-state index in [1.165, 1.54) is 7.11 Å². The minimum absolute atomic E-state index is 0.0699. The molecule has 0 atom stereocenters. The van der Waals surface area contributed by atoms with Gasteiger partial charge in [0, 0.05) is 5.69 Å². The third kappa shape index (κ3) is 5.71. The maximum absolute atomic E-state index is 11.6. The number of sulfone groups is 1. The molecule has 19 heavy (non-hydrogen) atoms. The molecule has 106 valence electrons. The van der Waals surface area contributed by atoms with Crippen LogP contribution in [0.25, 0.3) is 0 Å². The molecule has 0 radical (unpaired) electrons. The van der Waals surface area contributed by atoms with Crippen LogP contribution in [0.2, 0.25) is 0 Å². The molecule has 0 aliphatic rings. The summed E-state index contributed by atoms with van der Waals surface area (Å²) in [6.45, 7) is 0.291. The van der Waals surface area contributed by atoms with Gasteiger partial charge in [-0.2, -0.15) is 0 Å². The number of benzene rings is 1. The Hall–Kier alpha value is -1.60. The fourth-order valence-corrected chi connectivity index (χ4v) is 2.67.